The number of amides is 1. The zero-order valence-corrected chi connectivity index (χ0v) is 63.9. The normalized spacial score (nSPS) is 13.1. The fraction of sp³-hybridized carbons (Fsp3) is 0.351. The van der Waals surface area contributed by atoms with Gasteiger partial charge in [0.05, 0.1) is 71.6 Å². The van der Waals surface area contributed by atoms with E-state index < -0.39 is 82.7 Å². The molecule has 0 aliphatic carbocycles. The molecule has 0 saturated carbocycles. The molecule has 2 aliphatic heterocycles. The summed E-state index contributed by atoms with van der Waals surface area (Å²) in [6.07, 6.45) is 7.11. The molecule has 4 aromatic carbocycles. The number of nitrogens with one attached hydrogen (secondary N) is 4. The van der Waals surface area contributed by atoms with Gasteiger partial charge in [0.2, 0.25) is 11.2 Å². The predicted octanol–water partition coefficient (Wildman–Crippen LogP) is 3.27. The largest absolute Gasteiger partial charge is 0.690 e. The van der Waals surface area contributed by atoms with Crippen molar-refractivity contribution in [3.8, 4) is 11.5 Å². The number of fused-ring (bicyclic) bond motifs is 2. The average Bonchev–Trinajstić information content (AvgIpc) is 0.802. The summed E-state index contributed by atoms with van der Waals surface area (Å²) >= 11 is 18.2. The van der Waals surface area contributed by atoms with Gasteiger partial charge in [-0.15, -0.1) is 0 Å². The molecule has 0 unspecified atom stereocenters. The first-order valence-corrected chi connectivity index (χ1v) is 38.7. The van der Waals surface area contributed by atoms with Gasteiger partial charge in [-0.1, -0.05) is 23.2 Å². The number of nitrogens with two attached hydrogens (primary N) is 1. The van der Waals surface area contributed by atoms with E-state index in [1.165, 1.54) is 64.4 Å². The number of sulfone groups is 2. The summed E-state index contributed by atoms with van der Waals surface area (Å²) in [6.45, 7) is 8.31. The third-order valence-corrected chi connectivity index (χ3v) is 19.7. The molecule has 0 bridgehead atoms. The molecule has 1 amide bonds. The molecule has 4 aromatic heterocycles. The average molecular weight is 1510 g/mol. The van der Waals surface area contributed by atoms with Gasteiger partial charge in [-0.3, -0.25) is 27.0 Å². The van der Waals surface area contributed by atoms with Gasteiger partial charge in [-0.25, -0.2) is 40.4 Å². The van der Waals surface area contributed by atoms with Gasteiger partial charge >= 0.3 is 6.09 Å². The minimum absolute atomic E-state index is 0.0205. The second-order valence-corrected chi connectivity index (χ2v) is 32.0. The van der Waals surface area contributed by atoms with E-state index in [1.54, 1.807) is 47.5 Å². The lowest BCUT2D eigenvalue weighted by Gasteiger charge is -2.45. The van der Waals surface area contributed by atoms with Crippen LogP contribution in [0.2, 0.25) is 15.3 Å². The number of halogens is 5. The fourth-order valence-corrected chi connectivity index (χ4v) is 14.5. The number of nitrogens with zero attached hydrogens (tertiary/aromatic N) is 9. The Morgan fingerprint density at radius 1 is 0.626 bits per heavy atom. The van der Waals surface area contributed by atoms with Crippen LogP contribution in [0.1, 0.15) is 80.5 Å². The summed E-state index contributed by atoms with van der Waals surface area (Å²) in [5.74, 6) is 0.609. The minimum atomic E-state index is -3.40. The third kappa shape index (κ3) is 25.1. The Morgan fingerprint density at radius 3 is 1.52 bits per heavy atom. The van der Waals surface area contributed by atoms with Crippen molar-refractivity contribution in [3.63, 3.8) is 0 Å². The number of rotatable bonds is 23. The smallest absolute Gasteiger partial charge is 0.410 e. The number of benzene rings is 4. The summed E-state index contributed by atoms with van der Waals surface area (Å²) in [7, 11) is 61.1. The van der Waals surface area contributed by atoms with Crippen LogP contribution in [-0.2, 0) is 35.9 Å². The molecule has 10 rings (SSSR count). The number of carbonyl (C=O) groups is 1. The molecular formula is C57H63B21Cl3F2N14O8S2-. The molecule has 2 saturated heterocycles. The van der Waals surface area contributed by atoms with Crippen molar-refractivity contribution in [2.24, 2.45) is 0 Å². The van der Waals surface area contributed by atoms with Crippen LogP contribution < -0.4 is 36.5 Å². The molecule has 0 spiro atoms. The van der Waals surface area contributed by atoms with Gasteiger partial charge < -0.3 is 53.8 Å². The maximum absolute atomic E-state index is 15.1. The minimum Gasteiger partial charge on any atom is -0.690 e. The number of hydrogen-bond acceptors (Lipinski definition) is 21. The molecular weight excluding hydrogens is 1440 g/mol. The molecule has 0 atom stereocenters. The fourth-order valence-electron chi connectivity index (χ4n) is 12.4. The van der Waals surface area contributed by atoms with Gasteiger partial charge in [0.15, 0.2) is 31.3 Å². The molecule has 2 fully saturated rings. The zero-order chi connectivity index (χ0) is 79.0. The van der Waals surface area contributed by atoms with Crippen molar-refractivity contribution in [2.45, 2.75) is 75.4 Å². The molecule has 8 aromatic rings. The maximum Gasteiger partial charge on any atom is 0.410 e. The lowest BCUT2D eigenvalue weighted by atomic mass is 8.38. The molecule has 50 heteroatoms. The standard InChI is InChI=1S/C26H27ClFN7O3S.C17H25FN2O3.C14H11Cl2N5O2S.B21/c1-38-23-11-16(15-5-7-29-8-6-15)19(28)12-22(23)34-26-32-13-18(27)25(35-26)33-20-3-4-21-24(31-10-9-30-21)17(20)14-39(2,36)37;1-17(2,3)23-16(21)20-7-5-11(6-8-20)12-9-15(22-4)14(19)10-13(12)18;1-24(22,23)7-8-10(2-3-11-12(8)18-5-4-17-11)20-13-9(15)6-19-14(16)21-13;1-12-18(13(2)3)21(19(14(4)5)15(6)7)20(16(8)9)17(10)11/h3-4,9-13,15,29H,5-8,14H2,1-2H3,(H2,32,33,34,35);9-11H,5-8,19H2,1-4H3;2-6H,7H2,1H3,(H,19,20,21);/q;;;-1. The Hall–Kier alpha value is -6.26. The van der Waals surface area contributed by atoms with E-state index in [4.69, 9.17) is 140 Å². The predicted molar refractivity (Wildman–Crippen MR) is 451 cm³/mol. The van der Waals surface area contributed by atoms with E-state index in [0.29, 0.717) is 105 Å². The Balaban J connectivity index is 0.000000207. The number of hydrogen-bond donors (Lipinski definition) is 5. The van der Waals surface area contributed by atoms with Crippen molar-refractivity contribution in [1.29, 1.82) is 0 Å². The Labute approximate surface area is 659 Å². The van der Waals surface area contributed by atoms with E-state index in [1.807, 2.05) is 20.8 Å². The topological polar surface area (TPSA) is 294 Å². The van der Waals surface area contributed by atoms with Gasteiger partial charge in [-0.05, 0) is 265 Å². The van der Waals surface area contributed by atoms with E-state index in [2.05, 4.69) is 61.1 Å². The van der Waals surface area contributed by atoms with Crippen LogP contribution in [0.5, 0.6) is 11.5 Å². The van der Waals surface area contributed by atoms with E-state index >= 15 is 4.39 Å². The quantitative estimate of drug-likeness (QED) is 0.0349. The molecule has 24 radical (unpaired) electrons. The van der Waals surface area contributed by atoms with Crippen molar-refractivity contribution in [3.05, 3.63) is 135 Å². The number of carbonyl (C=O) groups excluding carboxylic acids is 1. The Morgan fingerprint density at radius 2 is 1.07 bits per heavy atom. The summed E-state index contributed by atoms with van der Waals surface area (Å²) in [5, 5.41) is 12.9. The molecule has 107 heavy (non-hydrogen) atoms. The third-order valence-electron chi connectivity index (χ3n) is 17.3. The van der Waals surface area contributed by atoms with Crippen LogP contribution in [0.15, 0.2) is 85.7 Å². The SMILES string of the molecule is COc1cc(C2CCN(C(=O)OC(C)(C)C)CC2)c(F)cc1N.COc1cc(C2CCNCC2)c(F)cc1Nc1ncc(Cl)c(Nc2ccc3nccnc3c2CS(C)(=O)=O)n1.CS(=O)(=O)Cc1c(Nc2nc(Cl)ncc2Cl)ccc2nccnc12.[B]B([B])B([B][B-])B(B(B([B])[B])B([B])[B])B(B([B])[B])B([B])[B]. The number of aromatic nitrogens is 8. The lowest BCUT2D eigenvalue weighted by Crippen LogP contribution is -2.81. The van der Waals surface area contributed by atoms with Crippen LogP contribution >= 0.6 is 34.8 Å². The first kappa shape index (κ1) is 88.0. The van der Waals surface area contributed by atoms with Crippen LogP contribution in [0, 0.1) is 11.6 Å². The van der Waals surface area contributed by atoms with E-state index in [0.717, 1.165) is 38.4 Å². The monoisotopic (exact) mass is 1510 g/mol. The molecule has 2 aliphatic rings. The van der Waals surface area contributed by atoms with Crippen molar-refractivity contribution < 1.29 is 44.6 Å². The van der Waals surface area contributed by atoms with Gasteiger partial charge in [0.1, 0.15) is 38.8 Å². The first-order chi connectivity index (χ1) is 50.3. The highest BCUT2D eigenvalue weighted by Gasteiger charge is 2.44. The summed E-state index contributed by atoms with van der Waals surface area (Å²) < 4.78 is 93.5. The zero-order valence-electron chi connectivity index (χ0n) is 60.0. The highest BCUT2D eigenvalue weighted by molar-refractivity contribution is 8.20. The lowest BCUT2D eigenvalue weighted by molar-refractivity contribution is 0.0204. The molecule has 6 heterocycles. The van der Waals surface area contributed by atoms with Crippen molar-refractivity contribution >= 4 is 273 Å². The highest BCUT2D eigenvalue weighted by Crippen LogP contribution is 2.39. The van der Waals surface area contributed by atoms with Crippen LogP contribution in [0.25, 0.3) is 22.1 Å². The highest BCUT2D eigenvalue weighted by atomic mass is 35.5. The van der Waals surface area contributed by atoms with Gasteiger partial charge in [0, 0.05) is 85.0 Å². The first-order valence-electron chi connectivity index (χ1n) is 33.4. The number of methoxy groups -OCH3 is 2. The summed E-state index contributed by atoms with van der Waals surface area (Å²) in [4.78, 5) is 47.3. The second kappa shape index (κ2) is 39.6. The van der Waals surface area contributed by atoms with Gasteiger partial charge in [0.25, 0.3) is 0 Å². The van der Waals surface area contributed by atoms with Crippen LogP contribution in [0.4, 0.5) is 53.9 Å². The second-order valence-electron chi connectivity index (χ2n) is 26.6. The number of nitrogen functional groups attached to an aromatic ring is 1. The molecule has 22 nitrogen and oxygen atoms in total. The van der Waals surface area contributed by atoms with E-state index in [9.17, 15) is 26.0 Å². The maximum atomic E-state index is 15.1. The van der Waals surface area contributed by atoms with Crippen LogP contribution in [0.3, 0.4) is 0 Å². The number of piperidine rings is 2. The van der Waals surface area contributed by atoms with Crippen molar-refractivity contribution in [1.82, 2.24) is 50.1 Å². The molecule has 520 valence electrons. The van der Waals surface area contributed by atoms with Gasteiger partial charge in [-0.2, -0.15) is 9.97 Å². The van der Waals surface area contributed by atoms with Crippen LogP contribution in [-0.4, -0.2) is 276 Å². The number of ether oxygens (including phenoxy) is 3. The number of anilines is 7. The summed E-state index contributed by atoms with van der Waals surface area (Å²) in [6, 6.07) is 12.9. The Bertz CT molecular complexity index is 4570. The van der Waals surface area contributed by atoms with Crippen molar-refractivity contribution in [2.75, 3.05) is 74.6 Å². The Kier molecular flexibility index (Phi) is 32.5. The van der Waals surface area contributed by atoms with E-state index in [-0.39, 0.29) is 74.0 Å². The molecule has 6 N–H and O–H groups in total. The number of likely N-dealkylation sites (tertiary alicyclic amines) is 1. The summed E-state index contributed by atoms with van der Waals surface area (Å²) in [5.41, 5.74) is 11.0.